The Morgan fingerprint density at radius 3 is 2.70 bits per heavy atom. The molecule has 1 aliphatic rings. The maximum Gasteiger partial charge on any atom is 0.356 e. The minimum atomic E-state index is -1.35. The van der Waals surface area contributed by atoms with Crippen molar-refractivity contribution < 1.29 is 24.2 Å². The van der Waals surface area contributed by atoms with Gasteiger partial charge in [0.25, 0.3) is 11.8 Å². The van der Waals surface area contributed by atoms with Crippen molar-refractivity contribution in [2.45, 2.75) is 0 Å². The Kier molecular flexibility index (Phi) is 3.59. The summed E-state index contributed by atoms with van der Waals surface area (Å²) >= 11 is 0. The Hall–Kier alpha value is -3.49. The largest absolute Gasteiger partial charge is 0.482 e. The highest BCUT2D eigenvalue weighted by Crippen LogP contribution is 2.30. The molecule has 3 rings (SSSR count). The van der Waals surface area contributed by atoms with Crippen LogP contribution in [0.3, 0.4) is 0 Å². The van der Waals surface area contributed by atoms with E-state index in [4.69, 9.17) is 9.84 Å². The Morgan fingerprint density at radius 1 is 1.22 bits per heavy atom. The van der Waals surface area contributed by atoms with E-state index in [0.29, 0.717) is 17.1 Å². The molecule has 0 aliphatic carbocycles. The molecule has 2 aromatic rings. The van der Waals surface area contributed by atoms with Gasteiger partial charge < -0.3 is 20.5 Å². The zero-order chi connectivity index (χ0) is 16.4. The molecule has 0 spiro atoms. The van der Waals surface area contributed by atoms with Crippen molar-refractivity contribution in [1.82, 2.24) is 9.97 Å². The number of carboxylic acid groups (broad SMARTS) is 1. The minimum absolute atomic E-state index is 0.113. The number of carbonyl (C=O) groups is 3. The van der Waals surface area contributed by atoms with Gasteiger partial charge in [0.2, 0.25) is 0 Å². The molecule has 2 amide bonds. The van der Waals surface area contributed by atoms with Gasteiger partial charge in [0.05, 0.1) is 5.69 Å². The quantitative estimate of drug-likeness (QED) is 0.762. The smallest absolute Gasteiger partial charge is 0.356 e. The highest BCUT2D eigenvalue weighted by molar-refractivity contribution is 6.08. The zero-order valence-electron chi connectivity index (χ0n) is 11.6. The molecule has 0 unspecified atom stereocenters. The summed E-state index contributed by atoms with van der Waals surface area (Å²) in [5, 5.41) is 14.2. The summed E-state index contributed by atoms with van der Waals surface area (Å²) in [4.78, 5) is 41.8. The number of aromatic nitrogens is 2. The SMILES string of the molecule is O=C1COc2cc(NC(=O)c3nccnc3C(=O)O)ccc2N1. The number of rotatable bonds is 3. The average molecular weight is 314 g/mol. The second-order valence-electron chi connectivity index (χ2n) is 4.56. The molecular weight excluding hydrogens is 304 g/mol. The number of carbonyl (C=O) groups excluding carboxylic acids is 2. The third-order valence-corrected chi connectivity index (χ3v) is 2.99. The number of fused-ring (bicyclic) bond motifs is 1. The summed E-state index contributed by atoms with van der Waals surface area (Å²) in [5.41, 5.74) is 0.121. The van der Waals surface area contributed by atoms with Crippen molar-refractivity contribution in [3.05, 3.63) is 42.0 Å². The van der Waals surface area contributed by atoms with Gasteiger partial charge >= 0.3 is 5.97 Å². The van der Waals surface area contributed by atoms with Crippen LogP contribution in [0, 0.1) is 0 Å². The molecule has 23 heavy (non-hydrogen) atoms. The highest BCUT2D eigenvalue weighted by Gasteiger charge is 2.21. The lowest BCUT2D eigenvalue weighted by Crippen LogP contribution is -2.25. The van der Waals surface area contributed by atoms with Crippen LogP contribution in [0.15, 0.2) is 30.6 Å². The number of hydrogen-bond acceptors (Lipinski definition) is 6. The molecular formula is C14H10N4O5. The molecule has 116 valence electrons. The van der Waals surface area contributed by atoms with Crippen LogP contribution in [0.2, 0.25) is 0 Å². The van der Waals surface area contributed by atoms with Crippen molar-refractivity contribution in [2.24, 2.45) is 0 Å². The first-order valence-corrected chi connectivity index (χ1v) is 6.47. The van der Waals surface area contributed by atoms with Gasteiger partial charge in [-0.1, -0.05) is 0 Å². The molecule has 0 atom stereocenters. The van der Waals surface area contributed by atoms with Crippen molar-refractivity contribution >= 4 is 29.2 Å². The van der Waals surface area contributed by atoms with Gasteiger partial charge in [-0.25, -0.2) is 14.8 Å². The molecule has 0 bridgehead atoms. The van der Waals surface area contributed by atoms with Crippen molar-refractivity contribution in [3.8, 4) is 5.75 Å². The summed E-state index contributed by atoms with van der Waals surface area (Å²) in [6, 6.07) is 4.63. The number of benzene rings is 1. The zero-order valence-corrected chi connectivity index (χ0v) is 11.6. The van der Waals surface area contributed by atoms with E-state index < -0.39 is 17.6 Å². The monoisotopic (exact) mass is 314 g/mol. The topological polar surface area (TPSA) is 131 Å². The van der Waals surface area contributed by atoms with Crippen LogP contribution in [0.4, 0.5) is 11.4 Å². The average Bonchev–Trinajstić information content (AvgIpc) is 2.55. The number of carboxylic acids is 1. The second-order valence-corrected chi connectivity index (χ2v) is 4.56. The lowest BCUT2D eigenvalue weighted by Gasteiger charge is -2.18. The fraction of sp³-hybridized carbons (Fsp3) is 0.0714. The van der Waals surface area contributed by atoms with Crippen LogP contribution in [0.1, 0.15) is 21.0 Å². The minimum Gasteiger partial charge on any atom is -0.482 e. The maximum absolute atomic E-state index is 12.2. The second kappa shape index (κ2) is 5.72. The van der Waals surface area contributed by atoms with Gasteiger partial charge in [-0.15, -0.1) is 0 Å². The molecule has 1 aromatic carbocycles. The Labute approximate surface area is 129 Å². The third kappa shape index (κ3) is 2.93. The van der Waals surface area contributed by atoms with Crippen LogP contribution >= 0.6 is 0 Å². The number of nitrogens with one attached hydrogen (secondary N) is 2. The van der Waals surface area contributed by atoms with Gasteiger partial charge in [-0.3, -0.25) is 9.59 Å². The van der Waals surface area contributed by atoms with E-state index in [1.54, 1.807) is 12.1 Å². The lowest BCUT2D eigenvalue weighted by molar-refractivity contribution is -0.118. The van der Waals surface area contributed by atoms with Crippen molar-refractivity contribution in [3.63, 3.8) is 0 Å². The first-order valence-electron chi connectivity index (χ1n) is 6.47. The van der Waals surface area contributed by atoms with E-state index >= 15 is 0 Å². The van der Waals surface area contributed by atoms with Crippen LogP contribution in [0.25, 0.3) is 0 Å². The van der Waals surface area contributed by atoms with Gasteiger partial charge in [0.1, 0.15) is 5.75 Å². The fourth-order valence-electron chi connectivity index (χ4n) is 2.00. The molecule has 9 heteroatoms. The molecule has 0 saturated heterocycles. The highest BCUT2D eigenvalue weighted by atomic mass is 16.5. The first kappa shape index (κ1) is 14.4. The summed E-state index contributed by atoms with van der Waals surface area (Å²) in [6.07, 6.45) is 2.42. The molecule has 0 radical (unpaired) electrons. The molecule has 9 nitrogen and oxygen atoms in total. The van der Waals surface area contributed by atoms with E-state index in [0.717, 1.165) is 0 Å². The molecule has 1 aliphatic heterocycles. The molecule has 1 aromatic heterocycles. The standard InChI is InChI=1S/C14H10N4O5/c19-10-6-23-9-5-7(1-2-8(9)18-10)17-13(20)11-12(14(21)22)16-4-3-15-11/h1-5H,6H2,(H,17,20)(H,18,19)(H,21,22). The summed E-state index contributed by atoms with van der Waals surface area (Å²) in [7, 11) is 0. The number of nitrogens with zero attached hydrogens (tertiary/aromatic N) is 2. The fourth-order valence-corrected chi connectivity index (χ4v) is 2.00. The first-order chi connectivity index (χ1) is 11.0. The van der Waals surface area contributed by atoms with E-state index in [-0.39, 0.29) is 18.2 Å². The normalized spacial score (nSPS) is 12.6. The third-order valence-electron chi connectivity index (χ3n) is 2.99. The van der Waals surface area contributed by atoms with E-state index in [2.05, 4.69) is 20.6 Å². The summed E-state index contributed by atoms with van der Waals surface area (Å²) in [5.74, 6) is -1.92. The van der Waals surface area contributed by atoms with Crippen molar-refractivity contribution in [2.75, 3.05) is 17.2 Å². The predicted molar refractivity (Wildman–Crippen MR) is 77.5 cm³/mol. The van der Waals surface area contributed by atoms with Crippen LogP contribution in [-0.2, 0) is 4.79 Å². The number of amides is 2. The van der Waals surface area contributed by atoms with Crippen LogP contribution in [-0.4, -0.2) is 39.5 Å². The Balaban J connectivity index is 1.84. The lowest BCUT2D eigenvalue weighted by atomic mass is 10.2. The van der Waals surface area contributed by atoms with Crippen LogP contribution < -0.4 is 15.4 Å². The van der Waals surface area contributed by atoms with Gasteiger partial charge in [-0.05, 0) is 12.1 Å². The maximum atomic E-state index is 12.2. The Morgan fingerprint density at radius 2 is 1.96 bits per heavy atom. The molecule has 0 saturated carbocycles. The number of ether oxygens (including phenoxy) is 1. The molecule has 2 heterocycles. The van der Waals surface area contributed by atoms with E-state index in [9.17, 15) is 14.4 Å². The summed E-state index contributed by atoms with van der Waals surface area (Å²) < 4.78 is 5.24. The molecule has 0 fully saturated rings. The van der Waals surface area contributed by atoms with Gasteiger partial charge in [0.15, 0.2) is 18.0 Å². The number of anilines is 2. The number of hydrogen-bond donors (Lipinski definition) is 3. The number of aromatic carboxylic acids is 1. The van der Waals surface area contributed by atoms with E-state index in [1.807, 2.05) is 0 Å². The summed E-state index contributed by atoms with van der Waals surface area (Å²) in [6.45, 7) is -0.113. The van der Waals surface area contributed by atoms with Crippen molar-refractivity contribution in [1.29, 1.82) is 0 Å². The van der Waals surface area contributed by atoms with E-state index in [1.165, 1.54) is 18.5 Å². The molecule has 3 N–H and O–H groups in total. The van der Waals surface area contributed by atoms with Gasteiger partial charge in [0, 0.05) is 24.1 Å². The van der Waals surface area contributed by atoms with Gasteiger partial charge in [-0.2, -0.15) is 0 Å². The Bertz CT molecular complexity index is 821. The predicted octanol–water partition coefficient (Wildman–Crippen LogP) is 0.758. The van der Waals surface area contributed by atoms with Crippen LogP contribution in [0.5, 0.6) is 5.75 Å².